The van der Waals surface area contributed by atoms with E-state index in [-0.39, 0.29) is 11.7 Å². The summed E-state index contributed by atoms with van der Waals surface area (Å²) in [6, 6.07) is 10.5. The molecule has 4 nitrogen and oxygen atoms in total. The number of benzene rings is 1. The molecule has 0 aliphatic carbocycles. The van der Waals surface area contributed by atoms with E-state index >= 15 is 0 Å². The van der Waals surface area contributed by atoms with Crippen molar-refractivity contribution in [2.75, 3.05) is 40.0 Å². The van der Waals surface area contributed by atoms with Crippen LogP contribution in [0.4, 0.5) is 0 Å². The van der Waals surface area contributed by atoms with Crippen molar-refractivity contribution in [3.05, 3.63) is 35.9 Å². The standard InChI is InChI=1S/C18H27NO3/c1-3-16-11-19(13-18(22-16)9-10-21-14-18)12-17(20-2)15-7-5-4-6-8-15/h4-8,16-17H,3,9-14H2,1-2H3/t16-,17-,18-/m1/s1. The van der Waals surface area contributed by atoms with Crippen LogP contribution < -0.4 is 0 Å². The van der Waals surface area contributed by atoms with Crippen LogP contribution >= 0.6 is 0 Å². The second-order valence-electron chi connectivity index (χ2n) is 6.46. The first kappa shape index (κ1) is 15.9. The van der Waals surface area contributed by atoms with E-state index in [2.05, 4.69) is 36.1 Å². The molecule has 1 spiro atoms. The van der Waals surface area contributed by atoms with Gasteiger partial charge in [0.2, 0.25) is 0 Å². The SMILES string of the molecule is CC[C@@H]1CN(C[C@@H](OC)c2ccccc2)C[C@@]2(CCOC2)O1. The largest absolute Gasteiger partial charge is 0.378 e. The lowest BCUT2D eigenvalue weighted by atomic mass is 9.97. The number of nitrogens with zero attached hydrogens (tertiary/aromatic N) is 1. The number of hydrogen-bond acceptors (Lipinski definition) is 4. The summed E-state index contributed by atoms with van der Waals surface area (Å²) < 4.78 is 17.7. The van der Waals surface area contributed by atoms with Crippen LogP contribution in [0.15, 0.2) is 30.3 Å². The van der Waals surface area contributed by atoms with Gasteiger partial charge in [-0.2, -0.15) is 0 Å². The maximum Gasteiger partial charge on any atom is 0.107 e. The van der Waals surface area contributed by atoms with E-state index in [0.717, 1.165) is 45.7 Å². The van der Waals surface area contributed by atoms with Crippen LogP contribution in [-0.4, -0.2) is 56.6 Å². The Bertz CT molecular complexity index is 459. The first-order chi connectivity index (χ1) is 10.7. The van der Waals surface area contributed by atoms with E-state index in [9.17, 15) is 0 Å². The van der Waals surface area contributed by atoms with Crippen molar-refractivity contribution in [2.45, 2.75) is 37.6 Å². The van der Waals surface area contributed by atoms with Crippen molar-refractivity contribution >= 4 is 0 Å². The zero-order chi connectivity index (χ0) is 15.4. The molecule has 2 saturated heterocycles. The summed E-state index contributed by atoms with van der Waals surface area (Å²) in [6.45, 7) is 6.56. The Labute approximate surface area is 133 Å². The Morgan fingerprint density at radius 1 is 1.36 bits per heavy atom. The van der Waals surface area contributed by atoms with E-state index in [0.29, 0.717) is 6.10 Å². The van der Waals surface area contributed by atoms with E-state index in [1.165, 1.54) is 5.56 Å². The van der Waals surface area contributed by atoms with Crippen LogP contribution in [0.2, 0.25) is 0 Å². The van der Waals surface area contributed by atoms with Gasteiger partial charge in [0.25, 0.3) is 0 Å². The molecule has 2 fully saturated rings. The fraction of sp³-hybridized carbons (Fsp3) is 0.667. The average molecular weight is 305 g/mol. The van der Waals surface area contributed by atoms with Gasteiger partial charge in [-0.25, -0.2) is 0 Å². The van der Waals surface area contributed by atoms with E-state index < -0.39 is 0 Å². The van der Waals surface area contributed by atoms with Crippen LogP contribution in [0.3, 0.4) is 0 Å². The predicted molar refractivity (Wildman–Crippen MR) is 86.0 cm³/mol. The Kier molecular flexibility index (Phi) is 5.14. The van der Waals surface area contributed by atoms with Crippen LogP contribution in [0.5, 0.6) is 0 Å². The van der Waals surface area contributed by atoms with Crippen LogP contribution in [0.1, 0.15) is 31.4 Å². The average Bonchev–Trinajstić information content (AvgIpc) is 3.00. The molecule has 2 heterocycles. The van der Waals surface area contributed by atoms with Gasteiger partial charge in [-0.05, 0) is 12.0 Å². The molecule has 22 heavy (non-hydrogen) atoms. The molecule has 0 amide bonds. The first-order valence-corrected chi connectivity index (χ1v) is 8.30. The summed E-state index contributed by atoms with van der Waals surface area (Å²) in [6.07, 6.45) is 2.45. The van der Waals surface area contributed by atoms with Crippen molar-refractivity contribution in [1.82, 2.24) is 4.90 Å². The maximum atomic E-state index is 6.33. The normalized spacial score (nSPS) is 30.7. The van der Waals surface area contributed by atoms with Crippen LogP contribution in [-0.2, 0) is 14.2 Å². The molecular weight excluding hydrogens is 278 g/mol. The predicted octanol–water partition coefficient (Wildman–Crippen LogP) is 2.64. The van der Waals surface area contributed by atoms with E-state index in [4.69, 9.17) is 14.2 Å². The minimum atomic E-state index is -0.103. The van der Waals surface area contributed by atoms with Crippen molar-refractivity contribution in [2.24, 2.45) is 0 Å². The van der Waals surface area contributed by atoms with Gasteiger partial charge in [-0.15, -0.1) is 0 Å². The second-order valence-corrected chi connectivity index (χ2v) is 6.46. The molecule has 0 unspecified atom stereocenters. The lowest BCUT2D eigenvalue weighted by molar-refractivity contribution is -0.159. The molecule has 2 aliphatic rings. The summed E-state index contributed by atoms with van der Waals surface area (Å²) in [5, 5.41) is 0. The molecule has 1 aromatic rings. The third-order valence-corrected chi connectivity index (χ3v) is 4.79. The molecule has 0 aromatic heterocycles. The third-order valence-electron chi connectivity index (χ3n) is 4.79. The minimum absolute atomic E-state index is 0.103. The molecule has 0 radical (unpaired) electrons. The number of hydrogen-bond donors (Lipinski definition) is 0. The molecule has 2 aliphatic heterocycles. The van der Waals surface area contributed by atoms with Gasteiger partial charge < -0.3 is 14.2 Å². The zero-order valence-electron chi connectivity index (χ0n) is 13.7. The fourth-order valence-electron chi connectivity index (χ4n) is 3.56. The van der Waals surface area contributed by atoms with Gasteiger partial charge in [-0.1, -0.05) is 37.3 Å². The quantitative estimate of drug-likeness (QED) is 0.837. The molecular formula is C18H27NO3. The summed E-state index contributed by atoms with van der Waals surface area (Å²) in [7, 11) is 1.80. The van der Waals surface area contributed by atoms with Crippen molar-refractivity contribution in [3.8, 4) is 0 Å². The summed E-state index contributed by atoms with van der Waals surface area (Å²) in [4.78, 5) is 2.49. The summed E-state index contributed by atoms with van der Waals surface area (Å²) in [5.74, 6) is 0. The van der Waals surface area contributed by atoms with Gasteiger partial charge in [0, 0.05) is 39.8 Å². The molecule has 4 heteroatoms. The van der Waals surface area contributed by atoms with Crippen LogP contribution in [0, 0.1) is 0 Å². The molecule has 0 saturated carbocycles. The smallest absolute Gasteiger partial charge is 0.107 e. The van der Waals surface area contributed by atoms with Crippen molar-refractivity contribution in [1.29, 1.82) is 0 Å². The van der Waals surface area contributed by atoms with Crippen molar-refractivity contribution < 1.29 is 14.2 Å². The van der Waals surface area contributed by atoms with Crippen molar-refractivity contribution in [3.63, 3.8) is 0 Å². The van der Waals surface area contributed by atoms with E-state index in [1.54, 1.807) is 7.11 Å². The van der Waals surface area contributed by atoms with E-state index in [1.807, 2.05) is 6.07 Å². The Hall–Kier alpha value is -0.940. The highest BCUT2D eigenvalue weighted by Gasteiger charge is 2.43. The van der Waals surface area contributed by atoms with Gasteiger partial charge in [-0.3, -0.25) is 4.90 Å². The van der Waals surface area contributed by atoms with Gasteiger partial charge >= 0.3 is 0 Å². The Balaban J connectivity index is 1.69. The first-order valence-electron chi connectivity index (χ1n) is 8.30. The number of rotatable bonds is 5. The Morgan fingerprint density at radius 2 is 2.18 bits per heavy atom. The highest BCUT2D eigenvalue weighted by molar-refractivity contribution is 5.18. The Morgan fingerprint density at radius 3 is 2.82 bits per heavy atom. The monoisotopic (exact) mass is 305 g/mol. The van der Waals surface area contributed by atoms with Gasteiger partial charge in [0.1, 0.15) is 5.60 Å². The van der Waals surface area contributed by atoms with Gasteiger partial charge in [0.05, 0.1) is 18.8 Å². The maximum absolute atomic E-state index is 6.33. The summed E-state index contributed by atoms with van der Waals surface area (Å²) >= 11 is 0. The zero-order valence-corrected chi connectivity index (χ0v) is 13.7. The molecule has 3 rings (SSSR count). The highest BCUT2D eigenvalue weighted by Crippen LogP contribution is 2.32. The molecule has 0 N–H and O–H groups in total. The number of methoxy groups -OCH3 is 1. The molecule has 1 aromatic carbocycles. The number of morpholine rings is 1. The lowest BCUT2D eigenvalue weighted by Crippen LogP contribution is -2.56. The summed E-state index contributed by atoms with van der Waals surface area (Å²) in [5.41, 5.74) is 1.13. The fourth-order valence-corrected chi connectivity index (χ4v) is 3.56. The van der Waals surface area contributed by atoms with Crippen LogP contribution in [0.25, 0.3) is 0 Å². The number of ether oxygens (including phenoxy) is 3. The topological polar surface area (TPSA) is 30.9 Å². The molecule has 122 valence electrons. The van der Waals surface area contributed by atoms with Gasteiger partial charge in [0.15, 0.2) is 0 Å². The molecule has 3 atom stereocenters. The second kappa shape index (κ2) is 7.09. The third kappa shape index (κ3) is 3.51. The highest BCUT2D eigenvalue weighted by atomic mass is 16.6. The molecule has 0 bridgehead atoms. The lowest BCUT2D eigenvalue weighted by Gasteiger charge is -2.44. The minimum Gasteiger partial charge on any atom is -0.378 e.